The minimum absolute atomic E-state index is 0.0690. The first kappa shape index (κ1) is 20.3. The molecule has 4 rings (SSSR count). The molecule has 1 atom stereocenters. The molecule has 3 aromatic rings. The summed E-state index contributed by atoms with van der Waals surface area (Å²) >= 11 is 0. The van der Waals surface area contributed by atoms with E-state index in [0.29, 0.717) is 6.54 Å². The highest BCUT2D eigenvalue weighted by Gasteiger charge is 2.34. The number of nitrogens with one attached hydrogen (secondary N) is 1. The number of aromatic amines is 1. The van der Waals surface area contributed by atoms with Crippen LogP contribution in [0.3, 0.4) is 0 Å². The zero-order valence-corrected chi connectivity index (χ0v) is 18.1. The first-order valence-electron chi connectivity index (χ1n) is 10.5. The highest BCUT2D eigenvalue weighted by molar-refractivity contribution is 6.32. The van der Waals surface area contributed by atoms with E-state index in [9.17, 15) is 4.79 Å². The molecule has 1 N–H and O–H groups in total. The Morgan fingerprint density at radius 2 is 1.67 bits per heavy atom. The summed E-state index contributed by atoms with van der Waals surface area (Å²) < 4.78 is 5.57. The van der Waals surface area contributed by atoms with E-state index in [1.54, 1.807) is 4.90 Å². The molecule has 30 heavy (non-hydrogen) atoms. The molecule has 1 fully saturated rings. The zero-order chi connectivity index (χ0) is 21.3. The minimum atomic E-state index is -0.502. The number of carbonyl (C=O) groups is 1. The molecule has 1 amide bonds. The largest absolute Gasteiger partial charge is 0.444 e. The Bertz CT molecular complexity index is 1020. The molecule has 0 spiro atoms. The highest BCUT2D eigenvalue weighted by Crippen LogP contribution is 2.33. The maximum Gasteiger partial charge on any atom is 0.410 e. The fourth-order valence-electron chi connectivity index (χ4n) is 3.82. The Labute approximate surface area is 178 Å². The van der Waals surface area contributed by atoms with Crippen LogP contribution in [0.4, 0.5) is 4.79 Å². The first-order valence-corrected chi connectivity index (χ1v) is 10.5. The number of benzene rings is 2. The third kappa shape index (κ3) is 4.43. The number of ether oxygens (including phenoxy) is 1. The van der Waals surface area contributed by atoms with Crippen LogP contribution < -0.4 is 5.46 Å². The van der Waals surface area contributed by atoms with Crippen molar-refractivity contribution in [1.29, 1.82) is 0 Å². The van der Waals surface area contributed by atoms with Crippen molar-refractivity contribution in [2.45, 2.75) is 45.3 Å². The molecule has 6 heteroatoms. The number of rotatable bonds is 3. The Balaban J connectivity index is 1.51. The van der Waals surface area contributed by atoms with Gasteiger partial charge in [0.05, 0.1) is 11.7 Å². The number of hydrogen-bond acceptors (Lipinski definition) is 3. The lowest BCUT2D eigenvalue weighted by Crippen LogP contribution is -2.36. The van der Waals surface area contributed by atoms with Crippen molar-refractivity contribution in [2.75, 3.05) is 6.54 Å². The predicted octanol–water partition coefficient (Wildman–Crippen LogP) is 4.07. The highest BCUT2D eigenvalue weighted by atomic mass is 16.6. The minimum Gasteiger partial charge on any atom is -0.444 e. The number of hydrogen-bond donors (Lipinski definition) is 1. The third-order valence-corrected chi connectivity index (χ3v) is 5.36. The Morgan fingerprint density at radius 1 is 1.07 bits per heavy atom. The van der Waals surface area contributed by atoms with Crippen molar-refractivity contribution in [3.8, 4) is 22.4 Å². The summed E-state index contributed by atoms with van der Waals surface area (Å²) in [6.07, 6.45) is 3.48. The quantitative estimate of drug-likeness (QED) is 0.673. The number of amides is 1. The monoisotopic (exact) mass is 401 g/mol. The summed E-state index contributed by atoms with van der Waals surface area (Å²) in [5, 5.41) is 0. The summed E-state index contributed by atoms with van der Waals surface area (Å²) in [6.45, 7) is 6.37. The molecule has 1 aromatic heterocycles. The number of aromatic nitrogens is 2. The maximum atomic E-state index is 12.6. The Morgan fingerprint density at radius 3 is 2.30 bits per heavy atom. The van der Waals surface area contributed by atoms with Crippen molar-refractivity contribution in [1.82, 2.24) is 14.9 Å². The molecule has 2 heterocycles. The lowest BCUT2D eigenvalue weighted by Gasteiger charge is -2.27. The SMILES string of the molecule is Bc1ccc(-c2ccc(-c3c[nH]c([C@@H]4CCCN4C(=O)OC(C)(C)C)n3)cc2)cc1. The molecule has 0 unspecified atom stereocenters. The molecule has 0 radical (unpaired) electrons. The van der Waals surface area contributed by atoms with Crippen molar-refractivity contribution < 1.29 is 9.53 Å². The van der Waals surface area contributed by atoms with E-state index in [1.807, 2.05) is 27.0 Å². The van der Waals surface area contributed by atoms with E-state index in [2.05, 4.69) is 61.4 Å². The molecule has 0 saturated carbocycles. The summed E-state index contributed by atoms with van der Waals surface area (Å²) in [7, 11) is 2.09. The third-order valence-electron chi connectivity index (χ3n) is 5.36. The van der Waals surface area contributed by atoms with Gasteiger partial charge in [-0.3, -0.25) is 4.90 Å². The van der Waals surface area contributed by atoms with Gasteiger partial charge in [0.1, 0.15) is 19.3 Å². The van der Waals surface area contributed by atoms with Crippen LogP contribution in [0.25, 0.3) is 22.4 Å². The number of nitrogens with zero attached hydrogens (tertiary/aromatic N) is 2. The van der Waals surface area contributed by atoms with E-state index in [-0.39, 0.29) is 12.1 Å². The van der Waals surface area contributed by atoms with Crippen molar-refractivity contribution in [3.05, 3.63) is 60.6 Å². The van der Waals surface area contributed by atoms with E-state index in [0.717, 1.165) is 29.9 Å². The van der Waals surface area contributed by atoms with Crippen molar-refractivity contribution in [3.63, 3.8) is 0 Å². The normalized spacial score (nSPS) is 16.6. The van der Waals surface area contributed by atoms with Crippen LogP contribution in [0.2, 0.25) is 0 Å². The van der Waals surface area contributed by atoms with Gasteiger partial charge in [0.25, 0.3) is 0 Å². The number of likely N-dealkylation sites (tertiary alicyclic amines) is 1. The Hall–Kier alpha value is -3.02. The average Bonchev–Trinajstić information content (AvgIpc) is 3.37. The van der Waals surface area contributed by atoms with Crippen LogP contribution >= 0.6 is 0 Å². The fourth-order valence-corrected chi connectivity index (χ4v) is 3.82. The van der Waals surface area contributed by atoms with Crippen molar-refractivity contribution >= 4 is 19.4 Å². The molecule has 1 aliphatic rings. The molecule has 0 aliphatic carbocycles. The standard InChI is InChI=1S/C24H28BN3O2/c1-24(2,3)30-23(29)28-14-4-5-21(28)22-26-15-20(27-22)18-8-6-16(7-9-18)17-10-12-19(25)13-11-17/h6-13,15,21H,4-5,14,25H2,1-3H3,(H,26,27)/t21-/m0/s1. The van der Waals surface area contributed by atoms with Crippen LogP contribution in [0, 0.1) is 0 Å². The van der Waals surface area contributed by atoms with Crippen LogP contribution in [0.15, 0.2) is 54.7 Å². The Kier molecular flexibility index (Phi) is 5.41. The molecule has 1 aliphatic heterocycles. The lowest BCUT2D eigenvalue weighted by molar-refractivity contribution is 0.0219. The van der Waals surface area contributed by atoms with Gasteiger partial charge in [0.15, 0.2) is 0 Å². The van der Waals surface area contributed by atoms with Crippen molar-refractivity contribution in [2.24, 2.45) is 0 Å². The average molecular weight is 401 g/mol. The van der Waals surface area contributed by atoms with Crippen LogP contribution in [-0.2, 0) is 4.74 Å². The van der Waals surface area contributed by atoms with Gasteiger partial charge in [-0.2, -0.15) is 0 Å². The lowest BCUT2D eigenvalue weighted by atomic mass is 9.93. The van der Waals surface area contributed by atoms with Gasteiger partial charge in [-0.1, -0.05) is 54.0 Å². The summed E-state index contributed by atoms with van der Waals surface area (Å²) in [4.78, 5) is 22.4. The molecule has 1 saturated heterocycles. The van der Waals surface area contributed by atoms with E-state index < -0.39 is 5.60 Å². The van der Waals surface area contributed by atoms with E-state index in [4.69, 9.17) is 9.72 Å². The molecule has 2 aromatic carbocycles. The predicted molar refractivity (Wildman–Crippen MR) is 123 cm³/mol. The van der Waals surface area contributed by atoms with Gasteiger partial charge in [-0.05, 0) is 44.7 Å². The topological polar surface area (TPSA) is 58.2 Å². The molecule has 0 bridgehead atoms. The molecular weight excluding hydrogens is 373 g/mol. The summed E-state index contributed by atoms with van der Waals surface area (Å²) in [5.74, 6) is 0.816. The van der Waals surface area contributed by atoms with E-state index in [1.165, 1.54) is 16.6 Å². The second-order valence-electron chi connectivity index (χ2n) is 8.95. The molecule has 5 nitrogen and oxygen atoms in total. The van der Waals surface area contributed by atoms with Gasteiger partial charge in [-0.25, -0.2) is 9.78 Å². The van der Waals surface area contributed by atoms with Gasteiger partial charge in [0, 0.05) is 18.3 Å². The first-order chi connectivity index (χ1) is 14.3. The van der Waals surface area contributed by atoms with Crippen LogP contribution in [0.1, 0.15) is 45.5 Å². The number of carbonyl (C=O) groups excluding carboxylic acids is 1. The smallest absolute Gasteiger partial charge is 0.410 e. The van der Waals surface area contributed by atoms with E-state index >= 15 is 0 Å². The molecule has 154 valence electrons. The van der Waals surface area contributed by atoms with Gasteiger partial charge < -0.3 is 9.72 Å². The summed E-state index contributed by atoms with van der Waals surface area (Å²) in [6, 6.07) is 16.9. The van der Waals surface area contributed by atoms with Crippen LogP contribution in [-0.4, -0.2) is 41.0 Å². The number of H-pyrrole nitrogens is 1. The molecular formula is C24H28BN3O2. The van der Waals surface area contributed by atoms with Gasteiger partial charge >= 0.3 is 6.09 Å². The zero-order valence-electron chi connectivity index (χ0n) is 18.1. The second kappa shape index (κ2) is 8.02. The maximum absolute atomic E-state index is 12.6. The fraction of sp³-hybridized carbons (Fsp3) is 0.333. The van der Waals surface area contributed by atoms with Gasteiger partial charge in [0.2, 0.25) is 0 Å². The van der Waals surface area contributed by atoms with Gasteiger partial charge in [-0.15, -0.1) is 0 Å². The summed E-state index contributed by atoms with van der Waals surface area (Å²) in [5.41, 5.74) is 5.08. The number of imidazole rings is 1. The second-order valence-corrected chi connectivity index (χ2v) is 8.95. The van der Waals surface area contributed by atoms with Crippen LogP contribution in [0.5, 0.6) is 0 Å².